The summed E-state index contributed by atoms with van der Waals surface area (Å²) in [7, 11) is 1.66. The number of nitrogen functional groups attached to an aromatic ring is 1. The highest BCUT2D eigenvalue weighted by atomic mass is 16.5. The van der Waals surface area contributed by atoms with Gasteiger partial charge >= 0.3 is 0 Å². The Morgan fingerprint density at radius 1 is 1.47 bits per heavy atom. The third kappa shape index (κ3) is 1.25. The molecule has 78 valence electrons. The molecule has 3 rings (SSSR count). The predicted octanol–water partition coefficient (Wildman–Crippen LogP) is 1.96. The number of fused-ring (bicyclic) bond motifs is 1. The Labute approximate surface area is 87.7 Å². The SMILES string of the molecule is COc1ccc2c(c1)nc(N)n2C1CC1. The molecule has 0 atom stereocenters. The number of rotatable bonds is 2. The summed E-state index contributed by atoms with van der Waals surface area (Å²) in [5.41, 5.74) is 7.92. The number of ether oxygens (including phenoxy) is 1. The summed E-state index contributed by atoms with van der Waals surface area (Å²) < 4.78 is 7.28. The van der Waals surface area contributed by atoms with Crippen molar-refractivity contribution in [2.24, 2.45) is 0 Å². The van der Waals surface area contributed by atoms with Crippen LogP contribution in [0.25, 0.3) is 11.0 Å². The molecule has 0 amide bonds. The van der Waals surface area contributed by atoms with Crippen molar-refractivity contribution in [3.63, 3.8) is 0 Å². The zero-order valence-corrected chi connectivity index (χ0v) is 8.60. The zero-order valence-electron chi connectivity index (χ0n) is 8.60. The number of nitrogens with zero attached hydrogens (tertiary/aromatic N) is 2. The molecule has 1 saturated carbocycles. The van der Waals surface area contributed by atoms with Crippen LogP contribution in [0.3, 0.4) is 0 Å². The van der Waals surface area contributed by atoms with Gasteiger partial charge in [-0.3, -0.25) is 0 Å². The van der Waals surface area contributed by atoms with Crippen LogP contribution in [0.4, 0.5) is 5.95 Å². The maximum Gasteiger partial charge on any atom is 0.201 e. The van der Waals surface area contributed by atoms with E-state index in [-0.39, 0.29) is 0 Å². The van der Waals surface area contributed by atoms with Crippen LogP contribution < -0.4 is 10.5 Å². The van der Waals surface area contributed by atoms with Gasteiger partial charge in [-0.25, -0.2) is 4.98 Å². The van der Waals surface area contributed by atoms with E-state index in [1.54, 1.807) is 7.11 Å². The number of hydrogen-bond donors (Lipinski definition) is 1. The number of nitrogens with two attached hydrogens (primary N) is 1. The maximum atomic E-state index is 5.90. The van der Waals surface area contributed by atoms with E-state index in [1.165, 1.54) is 12.8 Å². The number of aromatic nitrogens is 2. The third-order valence-corrected chi connectivity index (χ3v) is 2.84. The Balaban J connectivity index is 2.23. The second kappa shape index (κ2) is 2.89. The van der Waals surface area contributed by atoms with E-state index in [2.05, 4.69) is 9.55 Å². The van der Waals surface area contributed by atoms with Crippen LogP contribution >= 0.6 is 0 Å². The van der Waals surface area contributed by atoms with Crippen molar-refractivity contribution in [1.82, 2.24) is 9.55 Å². The molecule has 1 aliphatic carbocycles. The molecule has 0 spiro atoms. The summed E-state index contributed by atoms with van der Waals surface area (Å²) in [5, 5.41) is 0. The van der Waals surface area contributed by atoms with Crippen molar-refractivity contribution in [2.45, 2.75) is 18.9 Å². The van der Waals surface area contributed by atoms with E-state index >= 15 is 0 Å². The Hall–Kier alpha value is -1.71. The fourth-order valence-corrected chi connectivity index (χ4v) is 1.94. The molecule has 2 aromatic rings. The van der Waals surface area contributed by atoms with Crippen molar-refractivity contribution in [2.75, 3.05) is 12.8 Å². The van der Waals surface area contributed by atoms with E-state index in [4.69, 9.17) is 10.5 Å². The topological polar surface area (TPSA) is 53.1 Å². The van der Waals surface area contributed by atoms with Crippen LogP contribution in [-0.2, 0) is 0 Å². The largest absolute Gasteiger partial charge is 0.497 e. The lowest BCUT2D eigenvalue weighted by atomic mass is 10.3. The first-order chi connectivity index (χ1) is 7.29. The molecule has 1 aromatic carbocycles. The van der Waals surface area contributed by atoms with Gasteiger partial charge in [-0.2, -0.15) is 0 Å². The Morgan fingerprint density at radius 2 is 2.27 bits per heavy atom. The van der Waals surface area contributed by atoms with Crippen LogP contribution in [0.15, 0.2) is 18.2 Å². The molecular formula is C11H13N3O. The molecule has 1 aliphatic rings. The van der Waals surface area contributed by atoms with Gasteiger partial charge in [-0.1, -0.05) is 0 Å². The summed E-state index contributed by atoms with van der Waals surface area (Å²) in [6, 6.07) is 6.45. The lowest BCUT2D eigenvalue weighted by Gasteiger charge is -2.03. The average Bonchev–Trinajstić information content (AvgIpc) is 3.00. The molecule has 2 N–H and O–H groups in total. The number of anilines is 1. The first-order valence-electron chi connectivity index (χ1n) is 5.11. The van der Waals surface area contributed by atoms with E-state index in [0.717, 1.165) is 16.8 Å². The number of methoxy groups -OCH3 is 1. The summed E-state index contributed by atoms with van der Waals surface area (Å²) in [6.45, 7) is 0. The average molecular weight is 203 g/mol. The fraction of sp³-hybridized carbons (Fsp3) is 0.364. The minimum absolute atomic E-state index is 0.559. The van der Waals surface area contributed by atoms with Crippen molar-refractivity contribution in [3.8, 4) is 5.75 Å². The van der Waals surface area contributed by atoms with Gasteiger partial charge in [0.25, 0.3) is 0 Å². The molecule has 0 aliphatic heterocycles. The van der Waals surface area contributed by atoms with Gasteiger partial charge in [0.2, 0.25) is 5.95 Å². The first kappa shape index (κ1) is 8.59. The lowest BCUT2D eigenvalue weighted by Crippen LogP contribution is -2.00. The third-order valence-electron chi connectivity index (χ3n) is 2.84. The lowest BCUT2D eigenvalue weighted by molar-refractivity contribution is 0.415. The van der Waals surface area contributed by atoms with Crippen molar-refractivity contribution >= 4 is 17.0 Å². The van der Waals surface area contributed by atoms with Crippen molar-refractivity contribution in [3.05, 3.63) is 18.2 Å². The van der Waals surface area contributed by atoms with Gasteiger partial charge < -0.3 is 15.0 Å². The van der Waals surface area contributed by atoms with Crippen molar-refractivity contribution in [1.29, 1.82) is 0 Å². The summed E-state index contributed by atoms with van der Waals surface area (Å²) >= 11 is 0. The monoisotopic (exact) mass is 203 g/mol. The van der Waals surface area contributed by atoms with Gasteiger partial charge in [0.15, 0.2) is 0 Å². The summed E-state index contributed by atoms with van der Waals surface area (Å²) in [6.07, 6.45) is 2.42. The maximum absolute atomic E-state index is 5.90. The summed E-state index contributed by atoms with van der Waals surface area (Å²) in [5.74, 6) is 1.43. The van der Waals surface area contributed by atoms with E-state index in [1.807, 2.05) is 18.2 Å². The molecule has 1 aromatic heterocycles. The van der Waals surface area contributed by atoms with Gasteiger partial charge in [0.1, 0.15) is 5.75 Å². The minimum atomic E-state index is 0.559. The highest BCUT2D eigenvalue weighted by Gasteiger charge is 2.27. The smallest absolute Gasteiger partial charge is 0.201 e. The number of benzene rings is 1. The minimum Gasteiger partial charge on any atom is -0.497 e. The Morgan fingerprint density at radius 3 is 2.93 bits per heavy atom. The van der Waals surface area contributed by atoms with Gasteiger partial charge in [-0.15, -0.1) is 0 Å². The van der Waals surface area contributed by atoms with E-state index < -0.39 is 0 Å². The number of hydrogen-bond acceptors (Lipinski definition) is 3. The molecule has 4 heteroatoms. The molecule has 1 fully saturated rings. The van der Waals surface area contributed by atoms with E-state index in [0.29, 0.717) is 12.0 Å². The van der Waals surface area contributed by atoms with Gasteiger partial charge in [0, 0.05) is 12.1 Å². The normalized spacial score (nSPS) is 15.8. The molecule has 1 heterocycles. The number of imidazole rings is 1. The highest BCUT2D eigenvalue weighted by Crippen LogP contribution is 2.39. The second-order valence-electron chi connectivity index (χ2n) is 3.93. The fourth-order valence-electron chi connectivity index (χ4n) is 1.94. The summed E-state index contributed by atoms with van der Waals surface area (Å²) in [4.78, 5) is 4.34. The van der Waals surface area contributed by atoms with Crippen LogP contribution in [0.2, 0.25) is 0 Å². The van der Waals surface area contributed by atoms with Crippen LogP contribution in [0.5, 0.6) is 5.75 Å². The second-order valence-corrected chi connectivity index (χ2v) is 3.93. The quantitative estimate of drug-likeness (QED) is 0.811. The van der Waals surface area contributed by atoms with Gasteiger partial charge in [-0.05, 0) is 25.0 Å². The highest BCUT2D eigenvalue weighted by molar-refractivity contribution is 5.80. The zero-order chi connectivity index (χ0) is 10.4. The van der Waals surface area contributed by atoms with Crippen LogP contribution in [0.1, 0.15) is 18.9 Å². The Kier molecular flexibility index (Phi) is 1.65. The molecule has 0 bridgehead atoms. The Bertz CT molecular complexity index is 514. The molecule has 15 heavy (non-hydrogen) atoms. The molecule has 4 nitrogen and oxygen atoms in total. The van der Waals surface area contributed by atoms with E-state index in [9.17, 15) is 0 Å². The molecular weight excluding hydrogens is 190 g/mol. The van der Waals surface area contributed by atoms with Crippen molar-refractivity contribution < 1.29 is 4.74 Å². The predicted molar refractivity (Wildman–Crippen MR) is 59.0 cm³/mol. The van der Waals surface area contributed by atoms with Crippen LogP contribution in [0, 0.1) is 0 Å². The standard InChI is InChI=1S/C11H13N3O/c1-15-8-4-5-10-9(6-8)13-11(12)14(10)7-2-3-7/h4-7H,2-3H2,1H3,(H2,12,13). The molecule has 0 unspecified atom stereocenters. The molecule has 0 radical (unpaired) electrons. The van der Waals surface area contributed by atoms with Gasteiger partial charge in [0.05, 0.1) is 18.1 Å². The van der Waals surface area contributed by atoms with Crippen LogP contribution in [-0.4, -0.2) is 16.7 Å². The molecule has 0 saturated heterocycles. The first-order valence-corrected chi connectivity index (χ1v) is 5.11.